The molecule has 1 fully saturated rings. The maximum Gasteiger partial charge on any atom is 0.416 e. The molecule has 26 heavy (non-hydrogen) atoms. The summed E-state index contributed by atoms with van der Waals surface area (Å²) >= 11 is 0. The lowest BCUT2D eigenvalue weighted by Gasteiger charge is -2.31. The first kappa shape index (κ1) is 20.0. The number of nitrogens with one attached hydrogen (secondary N) is 1. The van der Waals surface area contributed by atoms with E-state index >= 15 is 0 Å². The highest BCUT2D eigenvalue weighted by molar-refractivity contribution is 5.88. The van der Waals surface area contributed by atoms with E-state index in [9.17, 15) is 9.59 Å². The number of nitrogen functional groups attached to an aromatic ring is 1. The molecule has 0 spiro atoms. The number of anilines is 2. The van der Waals surface area contributed by atoms with Crippen molar-refractivity contribution in [1.29, 1.82) is 0 Å². The van der Waals surface area contributed by atoms with Crippen molar-refractivity contribution in [2.24, 2.45) is 5.41 Å². The van der Waals surface area contributed by atoms with Gasteiger partial charge in [0.1, 0.15) is 11.4 Å². The molecule has 2 amide bonds. The van der Waals surface area contributed by atoms with Crippen molar-refractivity contribution in [2.45, 2.75) is 65.5 Å². The Morgan fingerprint density at radius 2 is 1.85 bits per heavy atom. The highest BCUT2D eigenvalue weighted by Crippen LogP contribution is 2.38. The van der Waals surface area contributed by atoms with Gasteiger partial charge in [-0.1, -0.05) is 20.8 Å². The molecule has 1 heterocycles. The van der Waals surface area contributed by atoms with Crippen LogP contribution in [0.25, 0.3) is 0 Å². The summed E-state index contributed by atoms with van der Waals surface area (Å²) in [7, 11) is 0. The number of aromatic nitrogens is 1. The first-order valence-corrected chi connectivity index (χ1v) is 8.86. The summed E-state index contributed by atoms with van der Waals surface area (Å²) in [5.74, 6) is 0.411. The molecule has 0 saturated heterocycles. The van der Waals surface area contributed by atoms with Gasteiger partial charge in [-0.2, -0.15) is 0 Å². The van der Waals surface area contributed by atoms with Crippen molar-refractivity contribution >= 4 is 23.5 Å². The summed E-state index contributed by atoms with van der Waals surface area (Å²) < 4.78 is 5.53. The highest BCUT2D eigenvalue weighted by Gasteiger charge is 2.48. The lowest BCUT2D eigenvalue weighted by molar-refractivity contribution is -0.129. The Morgan fingerprint density at radius 3 is 2.27 bits per heavy atom. The molecule has 0 bridgehead atoms. The van der Waals surface area contributed by atoms with E-state index in [4.69, 9.17) is 10.5 Å². The summed E-state index contributed by atoms with van der Waals surface area (Å²) in [6.07, 6.45) is 2.62. The van der Waals surface area contributed by atoms with E-state index in [2.05, 4.69) is 10.3 Å². The van der Waals surface area contributed by atoms with Gasteiger partial charge in [-0.15, -0.1) is 0 Å². The summed E-state index contributed by atoms with van der Waals surface area (Å²) in [4.78, 5) is 30.9. The predicted molar refractivity (Wildman–Crippen MR) is 102 cm³/mol. The van der Waals surface area contributed by atoms with E-state index in [1.54, 1.807) is 12.1 Å². The Kier molecular flexibility index (Phi) is 5.21. The smallest absolute Gasteiger partial charge is 0.416 e. The number of hydrogen-bond donors (Lipinski definition) is 2. The zero-order chi connectivity index (χ0) is 19.8. The summed E-state index contributed by atoms with van der Waals surface area (Å²) in [5, 5.41) is 3.10. The van der Waals surface area contributed by atoms with Gasteiger partial charge in [0.2, 0.25) is 5.91 Å². The maximum atomic E-state index is 12.8. The van der Waals surface area contributed by atoms with Crippen LogP contribution in [-0.2, 0) is 9.53 Å². The molecule has 7 heteroatoms. The van der Waals surface area contributed by atoms with Crippen molar-refractivity contribution in [3.8, 4) is 0 Å². The Morgan fingerprint density at radius 1 is 1.23 bits per heavy atom. The first-order chi connectivity index (χ1) is 11.8. The largest absolute Gasteiger partial charge is 0.443 e. The van der Waals surface area contributed by atoms with E-state index in [1.807, 2.05) is 41.5 Å². The van der Waals surface area contributed by atoms with E-state index in [-0.39, 0.29) is 5.91 Å². The number of nitrogens with two attached hydrogens (primary N) is 1. The van der Waals surface area contributed by atoms with Crippen molar-refractivity contribution in [3.05, 3.63) is 18.3 Å². The third-order valence-corrected chi connectivity index (χ3v) is 4.04. The van der Waals surface area contributed by atoms with Gasteiger partial charge < -0.3 is 15.8 Å². The maximum absolute atomic E-state index is 12.8. The normalized spacial score (nSPS) is 15.9. The lowest BCUT2D eigenvalue weighted by Crippen LogP contribution is -2.51. The first-order valence-electron chi connectivity index (χ1n) is 8.86. The average molecular weight is 362 g/mol. The molecule has 1 aliphatic rings. The van der Waals surface area contributed by atoms with Crippen LogP contribution in [0.3, 0.4) is 0 Å². The number of carbonyl (C=O) groups is 2. The number of carbonyl (C=O) groups excluding carboxylic acids is 2. The number of amides is 2. The molecule has 3 N–H and O–H groups in total. The van der Waals surface area contributed by atoms with Crippen LogP contribution < -0.4 is 16.0 Å². The van der Waals surface area contributed by atoms with E-state index < -0.39 is 22.6 Å². The number of rotatable bonds is 4. The third kappa shape index (κ3) is 5.34. The van der Waals surface area contributed by atoms with Gasteiger partial charge in [-0.3, -0.25) is 9.69 Å². The second-order valence-corrected chi connectivity index (χ2v) is 9.00. The molecule has 0 radical (unpaired) electrons. The van der Waals surface area contributed by atoms with Crippen molar-refractivity contribution in [1.82, 2.24) is 10.3 Å². The van der Waals surface area contributed by atoms with Gasteiger partial charge >= 0.3 is 6.09 Å². The number of ether oxygens (including phenoxy) is 1. The SMILES string of the molecule is CC(C)(C)OC(=O)N(CC1(NC(=O)C(C)(C)C)CC1)c1ccc(N)cn1. The van der Waals surface area contributed by atoms with Crippen LogP contribution in [0.2, 0.25) is 0 Å². The molecule has 0 atom stereocenters. The summed E-state index contributed by atoms with van der Waals surface area (Å²) in [6, 6.07) is 3.37. The minimum atomic E-state index is -0.630. The molecule has 1 aromatic heterocycles. The standard InChI is InChI=1S/C19H30N4O3/c1-17(2,3)15(24)22-19(9-10-19)12-23(16(25)26-18(4,5)6)14-8-7-13(20)11-21-14/h7-8,11H,9-10,12,20H2,1-6H3,(H,22,24). The van der Waals surface area contributed by atoms with Gasteiger partial charge in [0.15, 0.2) is 0 Å². The lowest BCUT2D eigenvalue weighted by atomic mass is 9.95. The topological polar surface area (TPSA) is 97.5 Å². The number of pyridine rings is 1. The molecular formula is C19H30N4O3. The van der Waals surface area contributed by atoms with Gasteiger partial charge in [-0.25, -0.2) is 9.78 Å². The van der Waals surface area contributed by atoms with Crippen molar-refractivity contribution in [2.75, 3.05) is 17.2 Å². The second-order valence-electron chi connectivity index (χ2n) is 9.00. The monoisotopic (exact) mass is 362 g/mol. The fourth-order valence-corrected chi connectivity index (χ4v) is 2.32. The molecular weight excluding hydrogens is 332 g/mol. The van der Waals surface area contributed by atoms with Crippen LogP contribution in [0.4, 0.5) is 16.3 Å². The zero-order valence-corrected chi connectivity index (χ0v) is 16.5. The van der Waals surface area contributed by atoms with Crippen LogP contribution in [0.15, 0.2) is 18.3 Å². The molecule has 0 aromatic carbocycles. The van der Waals surface area contributed by atoms with Gasteiger partial charge in [0, 0.05) is 5.41 Å². The van der Waals surface area contributed by atoms with E-state index in [0.29, 0.717) is 18.1 Å². The average Bonchev–Trinajstić information content (AvgIpc) is 3.23. The van der Waals surface area contributed by atoms with Crippen LogP contribution in [-0.4, -0.2) is 34.7 Å². The molecule has 1 saturated carbocycles. The fourth-order valence-electron chi connectivity index (χ4n) is 2.32. The van der Waals surface area contributed by atoms with Gasteiger partial charge in [-0.05, 0) is 45.7 Å². The molecule has 0 aliphatic heterocycles. The van der Waals surface area contributed by atoms with Crippen LogP contribution in [0, 0.1) is 5.41 Å². The quantitative estimate of drug-likeness (QED) is 0.858. The van der Waals surface area contributed by atoms with E-state index in [1.165, 1.54) is 11.1 Å². The number of hydrogen-bond acceptors (Lipinski definition) is 5. The second kappa shape index (κ2) is 6.78. The van der Waals surface area contributed by atoms with Crippen molar-refractivity contribution < 1.29 is 14.3 Å². The van der Waals surface area contributed by atoms with Crippen LogP contribution >= 0.6 is 0 Å². The minimum absolute atomic E-state index is 0.0376. The third-order valence-electron chi connectivity index (χ3n) is 4.04. The summed E-state index contributed by atoms with van der Waals surface area (Å²) in [5.41, 5.74) is 4.65. The Hall–Kier alpha value is -2.31. The molecule has 144 valence electrons. The van der Waals surface area contributed by atoms with Crippen LogP contribution in [0.5, 0.6) is 0 Å². The fraction of sp³-hybridized carbons (Fsp3) is 0.632. The molecule has 7 nitrogen and oxygen atoms in total. The van der Waals surface area contributed by atoms with E-state index in [0.717, 1.165) is 12.8 Å². The van der Waals surface area contributed by atoms with Gasteiger partial charge in [0.25, 0.3) is 0 Å². The van der Waals surface area contributed by atoms with Gasteiger partial charge in [0.05, 0.1) is 24.0 Å². The summed E-state index contributed by atoms with van der Waals surface area (Å²) in [6.45, 7) is 11.3. The van der Waals surface area contributed by atoms with Crippen molar-refractivity contribution in [3.63, 3.8) is 0 Å². The number of nitrogens with zero attached hydrogens (tertiary/aromatic N) is 2. The molecule has 2 rings (SSSR count). The Bertz CT molecular complexity index is 668. The van der Waals surface area contributed by atoms with Crippen LogP contribution in [0.1, 0.15) is 54.4 Å². The molecule has 1 aliphatic carbocycles. The zero-order valence-electron chi connectivity index (χ0n) is 16.5. The molecule has 1 aromatic rings. The Labute approximate surface area is 155 Å². The minimum Gasteiger partial charge on any atom is -0.443 e. The Balaban J connectivity index is 2.23. The predicted octanol–water partition coefficient (Wildman–Crippen LogP) is 3.10. The molecule has 0 unspecified atom stereocenters. The highest BCUT2D eigenvalue weighted by atomic mass is 16.6.